The Kier molecular flexibility index (Phi) is 6.71. The topological polar surface area (TPSA) is 96.6 Å². The summed E-state index contributed by atoms with van der Waals surface area (Å²) in [5.74, 6) is 1.05. The molecule has 1 amide bonds. The summed E-state index contributed by atoms with van der Waals surface area (Å²) in [6, 6.07) is 14.7. The third-order valence-electron chi connectivity index (χ3n) is 6.92. The van der Waals surface area contributed by atoms with Crippen molar-refractivity contribution in [2.24, 2.45) is 5.92 Å². The number of benzene rings is 2. The normalized spacial score (nSPS) is 17.7. The van der Waals surface area contributed by atoms with Gasteiger partial charge in [0.2, 0.25) is 27.6 Å². The molecule has 0 spiro atoms. The summed E-state index contributed by atoms with van der Waals surface area (Å²) < 4.78 is 33.2. The highest BCUT2D eigenvalue weighted by atomic mass is 32.2. The van der Waals surface area contributed by atoms with Crippen LogP contribution in [-0.2, 0) is 21.2 Å². The molecular weight excluding hydrogens is 464 g/mol. The van der Waals surface area contributed by atoms with E-state index in [0.29, 0.717) is 49.6 Å². The first-order valence-electron chi connectivity index (χ1n) is 12.2. The molecule has 0 unspecified atom stereocenters. The number of carbonyl (C=O) groups excluding carboxylic acids is 1. The molecule has 35 heavy (non-hydrogen) atoms. The van der Waals surface area contributed by atoms with Gasteiger partial charge < -0.3 is 9.42 Å². The molecule has 0 N–H and O–H groups in total. The smallest absolute Gasteiger partial charge is 0.243 e. The largest absolute Gasteiger partial charge is 0.342 e. The quantitative estimate of drug-likeness (QED) is 0.519. The molecule has 3 heterocycles. The van der Waals surface area contributed by atoms with Crippen molar-refractivity contribution in [3.8, 4) is 11.4 Å². The van der Waals surface area contributed by atoms with Crippen LogP contribution in [0.4, 0.5) is 0 Å². The zero-order valence-electron chi connectivity index (χ0n) is 19.9. The second-order valence-electron chi connectivity index (χ2n) is 9.41. The number of carbonyl (C=O) groups is 1. The Labute approximate surface area is 206 Å². The van der Waals surface area contributed by atoms with Gasteiger partial charge in [-0.1, -0.05) is 35.0 Å². The van der Waals surface area contributed by atoms with E-state index in [1.807, 2.05) is 36.1 Å². The molecule has 2 fully saturated rings. The van der Waals surface area contributed by atoms with Crippen molar-refractivity contribution in [3.05, 3.63) is 65.5 Å². The van der Waals surface area contributed by atoms with Gasteiger partial charge in [-0.2, -0.15) is 9.29 Å². The van der Waals surface area contributed by atoms with Crippen LogP contribution >= 0.6 is 0 Å². The summed E-state index contributed by atoms with van der Waals surface area (Å²) in [6.45, 7) is 4.43. The Hall–Kier alpha value is -3.04. The average molecular weight is 495 g/mol. The first-order valence-corrected chi connectivity index (χ1v) is 13.6. The van der Waals surface area contributed by atoms with Gasteiger partial charge in [-0.15, -0.1) is 0 Å². The fourth-order valence-electron chi connectivity index (χ4n) is 4.79. The maximum absolute atomic E-state index is 13.2. The predicted molar refractivity (Wildman–Crippen MR) is 131 cm³/mol. The molecule has 184 valence electrons. The lowest BCUT2D eigenvalue weighted by Crippen LogP contribution is -2.43. The average Bonchev–Trinajstić information content (AvgIpc) is 3.58. The first kappa shape index (κ1) is 23.7. The summed E-state index contributed by atoms with van der Waals surface area (Å²) in [7, 11) is -3.62. The highest BCUT2D eigenvalue weighted by molar-refractivity contribution is 7.89. The minimum Gasteiger partial charge on any atom is -0.342 e. The van der Waals surface area contributed by atoms with E-state index >= 15 is 0 Å². The van der Waals surface area contributed by atoms with Gasteiger partial charge in [-0.3, -0.25) is 4.79 Å². The summed E-state index contributed by atoms with van der Waals surface area (Å²) >= 11 is 0. The van der Waals surface area contributed by atoms with Crippen LogP contribution in [0.25, 0.3) is 11.4 Å². The number of piperidine rings is 1. The van der Waals surface area contributed by atoms with Crippen molar-refractivity contribution in [1.82, 2.24) is 19.3 Å². The highest BCUT2D eigenvalue weighted by Gasteiger charge is 2.34. The summed E-state index contributed by atoms with van der Waals surface area (Å²) in [5, 5.41) is 4.06. The number of amides is 1. The Balaban J connectivity index is 1.22. The number of likely N-dealkylation sites (tertiary alicyclic amines) is 1. The van der Waals surface area contributed by atoms with Crippen LogP contribution in [-0.4, -0.2) is 59.8 Å². The standard InChI is InChI=1S/C26H30N4O4S/c1-19-4-6-20(7-5-19)18-24-27-25(28-34-24)21-8-10-23(11-9-21)35(32,33)30-16-12-22(13-17-30)26(31)29-14-2-3-15-29/h4-11,22H,2-3,12-18H2,1H3. The fraction of sp³-hybridized carbons (Fsp3) is 0.423. The van der Waals surface area contributed by atoms with E-state index in [9.17, 15) is 13.2 Å². The number of aromatic nitrogens is 2. The van der Waals surface area contributed by atoms with Crippen molar-refractivity contribution in [1.29, 1.82) is 0 Å². The van der Waals surface area contributed by atoms with E-state index in [2.05, 4.69) is 10.1 Å². The zero-order valence-corrected chi connectivity index (χ0v) is 20.7. The molecule has 1 aromatic heterocycles. The van der Waals surface area contributed by atoms with Crippen molar-refractivity contribution in [2.75, 3.05) is 26.2 Å². The van der Waals surface area contributed by atoms with Crippen molar-refractivity contribution in [3.63, 3.8) is 0 Å². The SMILES string of the molecule is Cc1ccc(Cc2nc(-c3ccc(S(=O)(=O)N4CCC(C(=O)N5CCCC5)CC4)cc3)no2)cc1. The maximum atomic E-state index is 13.2. The molecule has 5 rings (SSSR count). The van der Waals surface area contributed by atoms with E-state index in [4.69, 9.17) is 4.52 Å². The van der Waals surface area contributed by atoms with E-state index in [1.165, 1.54) is 9.87 Å². The third-order valence-corrected chi connectivity index (χ3v) is 8.83. The molecule has 2 aliphatic rings. The predicted octanol–water partition coefficient (Wildman–Crippen LogP) is 3.66. The molecule has 8 nitrogen and oxygen atoms in total. The van der Waals surface area contributed by atoms with Gasteiger partial charge >= 0.3 is 0 Å². The molecule has 2 aromatic carbocycles. The molecule has 3 aromatic rings. The van der Waals surface area contributed by atoms with Crippen molar-refractivity contribution >= 4 is 15.9 Å². The van der Waals surface area contributed by atoms with Gasteiger partial charge in [0.15, 0.2) is 0 Å². The molecular formula is C26H30N4O4S. The van der Waals surface area contributed by atoms with Gasteiger partial charge in [0.1, 0.15) is 0 Å². The number of hydrogen-bond donors (Lipinski definition) is 0. The molecule has 2 aliphatic heterocycles. The van der Waals surface area contributed by atoms with Gasteiger partial charge in [0, 0.05) is 37.7 Å². The Morgan fingerprint density at radius 3 is 2.29 bits per heavy atom. The Morgan fingerprint density at radius 2 is 1.63 bits per heavy atom. The monoisotopic (exact) mass is 494 g/mol. The van der Waals surface area contributed by atoms with Gasteiger partial charge in [-0.25, -0.2) is 8.42 Å². The number of sulfonamides is 1. The summed E-state index contributed by atoms with van der Waals surface area (Å²) in [5.41, 5.74) is 2.96. The van der Waals surface area contributed by atoms with Crippen LogP contribution in [0.2, 0.25) is 0 Å². The second kappa shape index (κ2) is 9.91. The minimum atomic E-state index is -3.62. The lowest BCUT2D eigenvalue weighted by atomic mass is 9.97. The third kappa shape index (κ3) is 5.16. The first-order chi connectivity index (χ1) is 16.9. The molecule has 0 bridgehead atoms. The van der Waals surface area contributed by atoms with E-state index in [0.717, 1.165) is 31.5 Å². The van der Waals surface area contributed by atoms with Crippen LogP contribution in [0.15, 0.2) is 57.9 Å². The van der Waals surface area contributed by atoms with Crippen LogP contribution in [0.1, 0.15) is 42.7 Å². The van der Waals surface area contributed by atoms with Gasteiger partial charge in [-0.05, 0) is 62.4 Å². The molecule has 2 saturated heterocycles. The van der Waals surface area contributed by atoms with Gasteiger partial charge in [0.25, 0.3) is 0 Å². The van der Waals surface area contributed by atoms with Crippen molar-refractivity contribution in [2.45, 2.75) is 43.9 Å². The number of hydrogen-bond acceptors (Lipinski definition) is 6. The molecule has 9 heteroatoms. The van der Waals surface area contributed by atoms with Crippen LogP contribution in [0.3, 0.4) is 0 Å². The zero-order chi connectivity index (χ0) is 24.4. The van der Waals surface area contributed by atoms with Crippen LogP contribution in [0, 0.1) is 12.8 Å². The highest BCUT2D eigenvalue weighted by Crippen LogP contribution is 2.27. The maximum Gasteiger partial charge on any atom is 0.243 e. The van der Waals surface area contributed by atoms with Crippen LogP contribution in [0.5, 0.6) is 0 Å². The van der Waals surface area contributed by atoms with Crippen molar-refractivity contribution < 1.29 is 17.7 Å². The number of rotatable bonds is 6. The molecule has 0 atom stereocenters. The lowest BCUT2D eigenvalue weighted by molar-refractivity contribution is -0.135. The molecule has 0 radical (unpaired) electrons. The number of aryl methyl sites for hydroxylation is 1. The van der Waals surface area contributed by atoms with Crippen LogP contribution < -0.4 is 0 Å². The second-order valence-corrected chi connectivity index (χ2v) is 11.3. The Bertz CT molecular complexity index is 1270. The lowest BCUT2D eigenvalue weighted by Gasteiger charge is -2.32. The Morgan fingerprint density at radius 1 is 0.971 bits per heavy atom. The van der Waals surface area contributed by atoms with Gasteiger partial charge in [0.05, 0.1) is 11.3 Å². The molecule has 0 saturated carbocycles. The van der Waals surface area contributed by atoms with E-state index in [1.54, 1.807) is 24.3 Å². The minimum absolute atomic E-state index is 0.0747. The summed E-state index contributed by atoms with van der Waals surface area (Å²) in [6.07, 6.45) is 3.80. The van der Waals surface area contributed by atoms with E-state index in [-0.39, 0.29) is 16.7 Å². The number of nitrogens with zero attached hydrogens (tertiary/aromatic N) is 4. The molecule has 0 aliphatic carbocycles. The fourth-order valence-corrected chi connectivity index (χ4v) is 6.26. The summed E-state index contributed by atoms with van der Waals surface area (Å²) in [4.78, 5) is 19.3. The van der Waals surface area contributed by atoms with E-state index < -0.39 is 10.0 Å².